The van der Waals surface area contributed by atoms with Crippen LogP contribution in [0.1, 0.15) is 58.4 Å². The molecule has 0 bridgehead atoms. The molecule has 1 aliphatic heterocycles. The number of nitrogens with zero attached hydrogens (tertiary/aromatic N) is 1. The fourth-order valence-electron chi connectivity index (χ4n) is 4.62. The van der Waals surface area contributed by atoms with Gasteiger partial charge in [0.05, 0.1) is 24.0 Å². The quantitative estimate of drug-likeness (QED) is 0.482. The van der Waals surface area contributed by atoms with Crippen LogP contribution in [0.25, 0.3) is 0 Å². The van der Waals surface area contributed by atoms with E-state index in [0.717, 1.165) is 22.7 Å². The minimum Gasteiger partial charge on any atom is -0.465 e. The molecule has 0 unspecified atom stereocenters. The maximum atomic E-state index is 13.4. The number of methoxy groups -OCH3 is 1. The van der Waals surface area contributed by atoms with Crippen molar-refractivity contribution in [3.63, 3.8) is 0 Å². The molecule has 2 aromatic carbocycles. The molecule has 0 atom stereocenters. The Kier molecular flexibility index (Phi) is 7.70. The molecule has 1 aliphatic carbocycles. The van der Waals surface area contributed by atoms with Crippen molar-refractivity contribution in [3.8, 4) is 0 Å². The fraction of sp³-hybridized carbons (Fsp3) is 0.423. The van der Waals surface area contributed by atoms with Crippen molar-refractivity contribution < 1.29 is 19.1 Å². The molecule has 0 radical (unpaired) electrons. The zero-order valence-electron chi connectivity index (χ0n) is 19.0. The van der Waals surface area contributed by atoms with E-state index in [2.05, 4.69) is 5.32 Å². The molecular weight excluding hydrogens is 436 g/mol. The first-order chi connectivity index (χ1) is 16.1. The lowest BCUT2D eigenvalue weighted by Crippen LogP contribution is -2.31. The zero-order valence-corrected chi connectivity index (χ0v) is 19.8. The van der Waals surface area contributed by atoms with Crippen molar-refractivity contribution in [1.82, 2.24) is 5.32 Å². The largest absolute Gasteiger partial charge is 0.465 e. The van der Waals surface area contributed by atoms with Gasteiger partial charge >= 0.3 is 5.97 Å². The van der Waals surface area contributed by atoms with Crippen LogP contribution in [0.2, 0.25) is 0 Å². The molecule has 0 spiro atoms. The molecule has 174 valence electrons. The third-order valence-electron chi connectivity index (χ3n) is 6.43. The van der Waals surface area contributed by atoms with Crippen molar-refractivity contribution in [3.05, 3.63) is 59.2 Å². The summed E-state index contributed by atoms with van der Waals surface area (Å²) in [5.41, 5.74) is 2.85. The van der Waals surface area contributed by atoms with E-state index in [1.165, 1.54) is 51.0 Å². The van der Waals surface area contributed by atoms with Crippen LogP contribution in [0, 0.1) is 5.92 Å². The Labute approximate surface area is 199 Å². The first-order valence-corrected chi connectivity index (χ1v) is 12.6. The molecule has 4 rings (SSSR count). The molecule has 1 saturated carbocycles. The molecule has 0 aromatic heterocycles. The molecule has 1 heterocycles. The zero-order chi connectivity index (χ0) is 23.2. The van der Waals surface area contributed by atoms with Gasteiger partial charge in [-0.3, -0.25) is 9.59 Å². The van der Waals surface area contributed by atoms with Crippen molar-refractivity contribution >= 4 is 35.2 Å². The smallest absolute Gasteiger partial charge is 0.337 e. The van der Waals surface area contributed by atoms with Gasteiger partial charge in [-0.05, 0) is 61.1 Å². The van der Waals surface area contributed by atoms with Crippen LogP contribution >= 0.6 is 11.8 Å². The molecule has 1 fully saturated rings. The highest BCUT2D eigenvalue weighted by Crippen LogP contribution is 2.32. The lowest BCUT2D eigenvalue weighted by Gasteiger charge is -2.21. The van der Waals surface area contributed by atoms with Crippen LogP contribution in [0.5, 0.6) is 0 Å². The number of nitrogens with one attached hydrogen (secondary N) is 1. The maximum absolute atomic E-state index is 13.4. The SMILES string of the molecule is COC(=O)c1ccc2c(c1)CCN2C(=O)c1ccccc1SCC(=O)NCC1CCCCC1. The second-order valence-electron chi connectivity index (χ2n) is 8.63. The number of thioether (sulfide) groups is 1. The highest BCUT2D eigenvalue weighted by atomic mass is 32.2. The summed E-state index contributed by atoms with van der Waals surface area (Å²) >= 11 is 1.40. The van der Waals surface area contributed by atoms with Gasteiger partial charge in [0.2, 0.25) is 5.91 Å². The minimum atomic E-state index is -0.383. The average Bonchev–Trinajstić information content (AvgIpc) is 3.29. The Balaban J connectivity index is 1.40. The lowest BCUT2D eigenvalue weighted by molar-refractivity contribution is -0.118. The number of esters is 1. The van der Waals surface area contributed by atoms with Crippen molar-refractivity contribution in [1.29, 1.82) is 0 Å². The first kappa shape index (κ1) is 23.4. The van der Waals surface area contributed by atoms with Gasteiger partial charge in [0.15, 0.2) is 0 Å². The van der Waals surface area contributed by atoms with E-state index in [4.69, 9.17) is 4.74 Å². The summed E-state index contributed by atoms with van der Waals surface area (Å²) in [5, 5.41) is 3.07. The van der Waals surface area contributed by atoms with Gasteiger partial charge in [0, 0.05) is 23.7 Å². The highest BCUT2D eigenvalue weighted by Gasteiger charge is 2.28. The molecule has 6 nitrogen and oxygen atoms in total. The van der Waals surface area contributed by atoms with E-state index < -0.39 is 0 Å². The Bertz CT molecular complexity index is 1030. The third-order valence-corrected chi connectivity index (χ3v) is 7.50. The Hall–Kier alpha value is -2.80. The first-order valence-electron chi connectivity index (χ1n) is 11.6. The fourth-order valence-corrected chi connectivity index (χ4v) is 5.49. The molecular formula is C26H30N2O4S. The van der Waals surface area contributed by atoms with E-state index >= 15 is 0 Å². The summed E-state index contributed by atoms with van der Waals surface area (Å²) in [6.45, 7) is 1.30. The summed E-state index contributed by atoms with van der Waals surface area (Å²) < 4.78 is 4.80. The van der Waals surface area contributed by atoms with Crippen LogP contribution in [-0.2, 0) is 16.0 Å². The Morgan fingerprint density at radius 3 is 2.67 bits per heavy atom. The van der Waals surface area contributed by atoms with E-state index in [1.54, 1.807) is 23.1 Å². The molecule has 0 saturated heterocycles. The predicted molar refractivity (Wildman–Crippen MR) is 130 cm³/mol. The van der Waals surface area contributed by atoms with Crippen LogP contribution in [0.3, 0.4) is 0 Å². The summed E-state index contributed by atoms with van der Waals surface area (Å²) in [4.78, 5) is 40.2. The highest BCUT2D eigenvalue weighted by molar-refractivity contribution is 8.00. The monoisotopic (exact) mass is 466 g/mol. The van der Waals surface area contributed by atoms with E-state index in [-0.39, 0.29) is 23.5 Å². The molecule has 1 N–H and O–H groups in total. The number of amides is 2. The number of hydrogen-bond donors (Lipinski definition) is 1. The van der Waals surface area contributed by atoms with Crippen molar-refractivity contribution in [2.75, 3.05) is 30.9 Å². The van der Waals surface area contributed by atoms with Crippen molar-refractivity contribution in [2.45, 2.75) is 43.4 Å². The van der Waals surface area contributed by atoms with Gasteiger partial charge in [0.1, 0.15) is 0 Å². The number of rotatable bonds is 7. The predicted octanol–water partition coefficient (Wildman–Crippen LogP) is 4.46. The molecule has 33 heavy (non-hydrogen) atoms. The van der Waals surface area contributed by atoms with Crippen LogP contribution < -0.4 is 10.2 Å². The van der Waals surface area contributed by atoms with Gasteiger partial charge < -0.3 is 15.0 Å². The van der Waals surface area contributed by atoms with Gasteiger partial charge in [-0.25, -0.2) is 4.79 Å². The summed E-state index contributed by atoms with van der Waals surface area (Å²) in [6, 6.07) is 12.7. The minimum absolute atomic E-state index is 0.00897. The molecule has 2 aliphatic rings. The standard InChI is InChI=1S/C26H30N2O4S/c1-32-26(31)20-11-12-22-19(15-20)13-14-28(22)25(30)21-9-5-6-10-23(21)33-17-24(29)27-16-18-7-3-2-4-8-18/h5-6,9-12,15,18H,2-4,7-8,13-14,16-17H2,1H3,(H,27,29). The van der Waals surface area contributed by atoms with Crippen LogP contribution in [0.4, 0.5) is 5.69 Å². The lowest BCUT2D eigenvalue weighted by atomic mass is 9.89. The third kappa shape index (κ3) is 5.58. The number of ether oxygens (including phenoxy) is 1. The number of fused-ring (bicyclic) bond motifs is 1. The van der Waals surface area contributed by atoms with Gasteiger partial charge in [-0.2, -0.15) is 0 Å². The summed E-state index contributed by atoms with van der Waals surface area (Å²) in [7, 11) is 1.36. The maximum Gasteiger partial charge on any atom is 0.337 e. The van der Waals surface area contributed by atoms with Gasteiger partial charge in [-0.15, -0.1) is 11.8 Å². The summed E-state index contributed by atoms with van der Waals surface area (Å²) in [5.74, 6) is 0.415. The number of carbonyl (C=O) groups excluding carboxylic acids is 3. The second kappa shape index (κ2) is 10.9. The van der Waals surface area contributed by atoms with Crippen LogP contribution in [0.15, 0.2) is 47.4 Å². The summed E-state index contributed by atoms with van der Waals surface area (Å²) in [6.07, 6.45) is 6.90. The Morgan fingerprint density at radius 1 is 1.09 bits per heavy atom. The van der Waals surface area contributed by atoms with E-state index in [1.807, 2.05) is 24.3 Å². The molecule has 2 amide bonds. The molecule has 7 heteroatoms. The van der Waals surface area contributed by atoms with Crippen molar-refractivity contribution in [2.24, 2.45) is 5.92 Å². The number of benzene rings is 2. The van der Waals surface area contributed by atoms with Gasteiger partial charge in [0.25, 0.3) is 5.91 Å². The van der Waals surface area contributed by atoms with E-state index in [9.17, 15) is 14.4 Å². The average molecular weight is 467 g/mol. The number of anilines is 1. The normalized spacial score (nSPS) is 15.7. The second-order valence-corrected chi connectivity index (χ2v) is 9.65. The number of hydrogen-bond acceptors (Lipinski definition) is 5. The van der Waals surface area contributed by atoms with E-state index in [0.29, 0.717) is 30.0 Å². The molecule has 2 aromatic rings. The number of carbonyl (C=O) groups is 3. The topological polar surface area (TPSA) is 75.7 Å². The van der Waals surface area contributed by atoms with Gasteiger partial charge in [-0.1, -0.05) is 31.4 Å². The Morgan fingerprint density at radius 2 is 1.88 bits per heavy atom. The van der Waals surface area contributed by atoms with Crippen LogP contribution in [-0.4, -0.2) is 43.7 Å².